The van der Waals surface area contributed by atoms with Crippen LogP contribution in [0.15, 0.2) is 12.1 Å². The number of ether oxygens (including phenoxy) is 1. The molecule has 1 aliphatic carbocycles. The Labute approximate surface area is 126 Å². The minimum absolute atomic E-state index is 0.190. The topological polar surface area (TPSA) is 26.3 Å². The highest BCUT2D eigenvalue weighted by atomic mass is 19.1. The lowest BCUT2D eigenvalue weighted by Gasteiger charge is -2.22. The van der Waals surface area contributed by atoms with Gasteiger partial charge in [-0.2, -0.15) is 0 Å². The van der Waals surface area contributed by atoms with E-state index >= 15 is 0 Å². The second-order valence-electron chi connectivity index (χ2n) is 7.25. The molecule has 1 aromatic carbocycles. The fourth-order valence-corrected chi connectivity index (χ4v) is 2.68. The molecule has 2 nitrogen and oxygen atoms in total. The number of esters is 1. The van der Waals surface area contributed by atoms with E-state index in [1.807, 2.05) is 34.6 Å². The molecule has 0 spiro atoms. The Balaban J connectivity index is 2.34. The molecular formula is C18H25FO2. The molecule has 1 saturated carbocycles. The first-order valence-electron chi connectivity index (χ1n) is 7.71. The number of hydrogen-bond acceptors (Lipinski definition) is 2. The average molecular weight is 292 g/mol. The van der Waals surface area contributed by atoms with Crippen LogP contribution in [-0.2, 0) is 16.0 Å². The van der Waals surface area contributed by atoms with Crippen LogP contribution in [-0.4, -0.2) is 11.6 Å². The Kier molecular flexibility index (Phi) is 4.40. The molecule has 0 amide bonds. The van der Waals surface area contributed by atoms with Crippen LogP contribution in [0, 0.1) is 5.82 Å². The summed E-state index contributed by atoms with van der Waals surface area (Å²) in [5, 5.41) is 0. The van der Waals surface area contributed by atoms with Crippen molar-refractivity contribution in [3.05, 3.63) is 34.6 Å². The lowest BCUT2D eigenvalue weighted by atomic mass is 9.89. The number of carbonyl (C=O) groups excluding carboxylic acids is 1. The van der Waals surface area contributed by atoms with Gasteiger partial charge in [0.15, 0.2) is 0 Å². The molecule has 0 aromatic heterocycles. The van der Waals surface area contributed by atoms with Crippen LogP contribution in [0.5, 0.6) is 0 Å². The summed E-state index contributed by atoms with van der Waals surface area (Å²) < 4.78 is 19.3. The zero-order chi connectivity index (χ0) is 15.8. The van der Waals surface area contributed by atoms with Crippen LogP contribution < -0.4 is 0 Å². The van der Waals surface area contributed by atoms with E-state index in [0.29, 0.717) is 5.92 Å². The highest BCUT2D eigenvalue weighted by molar-refractivity contribution is 5.74. The zero-order valence-electron chi connectivity index (χ0n) is 13.6. The normalized spacial score (nSPS) is 15.4. The minimum Gasteiger partial charge on any atom is -0.460 e. The van der Waals surface area contributed by atoms with Gasteiger partial charge in [-0.15, -0.1) is 0 Å². The van der Waals surface area contributed by atoms with Gasteiger partial charge in [0.05, 0.1) is 6.42 Å². The Bertz CT molecular complexity index is 514. The largest absolute Gasteiger partial charge is 0.460 e. The van der Waals surface area contributed by atoms with Gasteiger partial charge in [0.2, 0.25) is 0 Å². The van der Waals surface area contributed by atoms with E-state index in [-0.39, 0.29) is 24.1 Å². The molecular weight excluding hydrogens is 267 g/mol. The fourth-order valence-electron chi connectivity index (χ4n) is 2.68. The molecule has 3 heteroatoms. The van der Waals surface area contributed by atoms with Crippen molar-refractivity contribution in [2.24, 2.45) is 0 Å². The van der Waals surface area contributed by atoms with Gasteiger partial charge >= 0.3 is 5.97 Å². The van der Waals surface area contributed by atoms with E-state index in [1.165, 1.54) is 0 Å². The standard InChI is InChI=1S/C18H25FO2/c1-11(2)14-8-13(19)9-15(12-6-7-12)16(14)10-17(20)21-18(3,4)5/h8-9,11-12H,6-7,10H2,1-5H3. The molecule has 2 rings (SSSR count). The first-order chi connectivity index (χ1) is 9.67. The third-order valence-electron chi connectivity index (χ3n) is 3.66. The quantitative estimate of drug-likeness (QED) is 0.751. The number of hydrogen-bond donors (Lipinski definition) is 0. The van der Waals surface area contributed by atoms with Crippen molar-refractivity contribution >= 4 is 5.97 Å². The summed E-state index contributed by atoms with van der Waals surface area (Å²) >= 11 is 0. The van der Waals surface area contributed by atoms with Crippen molar-refractivity contribution in [1.82, 2.24) is 0 Å². The van der Waals surface area contributed by atoms with Gasteiger partial charge in [0.1, 0.15) is 11.4 Å². The Morgan fingerprint density at radius 2 is 1.95 bits per heavy atom. The smallest absolute Gasteiger partial charge is 0.310 e. The van der Waals surface area contributed by atoms with E-state index in [2.05, 4.69) is 0 Å². The van der Waals surface area contributed by atoms with Crippen molar-refractivity contribution in [2.75, 3.05) is 0 Å². The Morgan fingerprint density at radius 3 is 2.43 bits per heavy atom. The highest BCUT2D eigenvalue weighted by Gasteiger charge is 2.30. The number of rotatable bonds is 4. The first-order valence-corrected chi connectivity index (χ1v) is 7.71. The second kappa shape index (κ2) is 5.78. The molecule has 0 atom stereocenters. The summed E-state index contributed by atoms with van der Waals surface area (Å²) in [6.45, 7) is 9.65. The molecule has 116 valence electrons. The van der Waals surface area contributed by atoms with Crippen LogP contribution in [0.1, 0.15) is 76.0 Å². The molecule has 0 N–H and O–H groups in total. The van der Waals surface area contributed by atoms with Crippen LogP contribution in [0.2, 0.25) is 0 Å². The first kappa shape index (κ1) is 16.0. The number of carbonyl (C=O) groups is 1. The van der Waals surface area contributed by atoms with Crippen molar-refractivity contribution < 1.29 is 13.9 Å². The Hall–Kier alpha value is -1.38. The minimum atomic E-state index is -0.491. The summed E-state index contributed by atoms with van der Waals surface area (Å²) in [5.74, 6) is 0.165. The maximum atomic E-state index is 13.8. The molecule has 1 aliphatic rings. The summed E-state index contributed by atoms with van der Waals surface area (Å²) in [4.78, 5) is 12.2. The fraction of sp³-hybridized carbons (Fsp3) is 0.611. The van der Waals surface area contributed by atoms with Crippen LogP contribution in [0.3, 0.4) is 0 Å². The molecule has 0 radical (unpaired) electrons. The van der Waals surface area contributed by atoms with E-state index in [1.54, 1.807) is 12.1 Å². The van der Waals surface area contributed by atoms with E-state index in [9.17, 15) is 9.18 Å². The molecule has 21 heavy (non-hydrogen) atoms. The molecule has 0 aliphatic heterocycles. The average Bonchev–Trinajstić information content (AvgIpc) is 3.11. The Morgan fingerprint density at radius 1 is 1.33 bits per heavy atom. The third-order valence-corrected chi connectivity index (χ3v) is 3.66. The summed E-state index contributed by atoms with van der Waals surface area (Å²) in [5.41, 5.74) is 2.42. The zero-order valence-corrected chi connectivity index (χ0v) is 13.6. The predicted octanol–water partition coefficient (Wildman–Crippen LogP) is 4.71. The molecule has 0 saturated heterocycles. The second-order valence-corrected chi connectivity index (χ2v) is 7.25. The van der Waals surface area contributed by atoms with Crippen molar-refractivity contribution in [3.63, 3.8) is 0 Å². The van der Waals surface area contributed by atoms with Gasteiger partial charge in [-0.05, 0) is 74.3 Å². The third kappa shape index (κ3) is 4.29. The molecule has 1 aromatic rings. The van der Waals surface area contributed by atoms with Gasteiger partial charge in [-0.1, -0.05) is 13.8 Å². The van der Waals surface area contributed by atoms with Crippen molar-refractivity contribution in [1.29, 1.82) is 0 Å². The SMILES string of the molecule is CC(C)c1cc(F)cc(C2CC2)c1CC(=O)OC(C)(C)C. The molecule has 1 fully saturated rings. The van der Waals surface area contributed by atoms with Crippen molar-refractivity contribution in [3.8, 4) is 0 Å². The van der Waals surface area contributed by atoms with Crippen LogP contribution in [0.4, 0.5) is 4.39 Å². The molecule has 0 heterocycles. The number of benzene rings is 1. The van der Waals surface area contributed by atoms with Crippen molar-refractivity contribution in [2.45, 2.75) is 71.3 Å². The van der Waals surface area contributed by atoms with Crippen LogP contribution >= 0.6 is 0 Å². The summed E-state index contributed by atoms with van der Waals surface area (Å²) in [7, 11) is 0. The van der Waals surface area contributed by atoms with Gasteiger partial charge in [0.25, 0.3) is 0 Å². The van der Waals surface area contributed by atoms with Gasteiger partial charge in [0, 0.05) is 0 Å². The van der Waals surface area contributed by atoms with Gasteiger partial charge in [-0.3, -0.25) is 4.79 Å². The number of halogens is 1. The van der Waals surface area contributed by atoms with E-state index in [0.717, 1.165) is 29.5 Å². The van der Waals surface area contributed by atoms with Crippen LogP contribution in [0.25, 0.3) is 0 Å². The lowest BCUT2D eigenvalue weighted by molar-refractivity contribution is -0.153. The molecule has 0 unspecified atom stereocenters. The lowest BCUT2D eigenvalue weighted by Crippen LogP contribution is -2.25. The summed E-state index contributed by atoms with van der Waals surface area (Å²) in [6, 6.07) is 3.17. The van der Waals surface area contributed by atoms with E-state index < -0.39 is 5.60 Å². The molecule has 0 bridgehead atoms. The maximum Gasteiger partial charge on any atom is 0.310 e. The highest BCUT2D eigenvalue weighted by Crippen LogP contribution is 2.43. The summed E-state index contributed by atoms with van der Waals surface area (Å²) in [6.07, 6.45) is 2.40. The van der Waals surface area contributed by atoms with E-state index in [4.69, 9.17) is 4.74 Å². The van der Waals surface area contributed by atoms with Gasteiger partial charge < -0.3 is 4.74 Å². The monoisotopic (exact) mass is 292 g/mol. The maximum absolute atomic E-state index is 13.8. The van der Waals surface area contributed by atoms with Gasteiger partial charge in [-0.25, -0.2) is 4.39 Å². The predicted molar refractivity (Wildman–Crippen MR) is 82.0 cm³/mol.